The summed E-state index contributed by atoms with van der Waals surface area (Å²) in [6, 6.07) is 6.50. The molecular weight excluding hydrogens is 199 g/mol. The second-order valence-corrected chi connectivity index (χ2v) is 4.85. The van der Waals surface area contributed by atoms with Crippen LogP contribution in [0.25, 0.3) is 0 Å². The fourth-order valence-corrected chi connectivity index (χ4v) is 3.33. The zero-order valence-electron chi connectivity index (χ0n) is 8.03. The molecule has 1 aliphatic heterocycles. The Bertz CT molecular complexity index is 342. The van der Waals surface area contributed by atoms with E-state index in [2.05, 4.69) is 0 Å². The number of hydrogen-bond acceptors (Lipinski definition) is 2. The molecule has 0 amide bonds. The van der Waals surface area contributed by atoms with Crippen LogP contribution in [0.2, 0.25) is 0 Å². The van der Waals surface area contributed by atoms with Crippen molar-refractivity contribution in [3.05, 3.63) is 35.6 Å². The maximum Gasteiger partial charge on any atom is 0.129 e. The molecule has 1 aromatic carbocycles. The molecule has 2 atom stereocenters. The predicted octanol–water partition coefficient (Wildman–Crippen LogP) is 2.40. The van der Waals surface area contributed by atoms with Gasteiger partial charge in [0, 0.05) is 11.3 Å². The first kappa shape index (κ1) is 9.99. The van der Waals surface area contributed by atoms with Gasteiger partial charge in [-0.2, -0.15) is 11.8 Å². The van der Waals surface area contributed by atoms with Gasteiger partial charge in [0.05, 0.1) is 0 Å². The molecule has 2 rings (SSSR count). The number of thioether (sulfide) groups is 1. The highest BCUT2D eigenvalue weighted by atomic mass is 32.2. The van der Waals surface area contributed by atoms with Crippen LogP contribution in [0.4, 0.5) is 4.39 Å². The van der Waals surface area contributed by atoms with E-state index in [9.17, 15) is 9.50 Å². The van der Waals surface area contributed by atoms with E-state index >= 15 is 0 Å². The fourth-order valence-electron chi connectivity index (χ4n) is 1.83. The molecule has 1 heterocycles. The van der Waals surface area contributed by atoms with Crippen LogP contribution in [0.15, 0.2) is 24.3 Å². The summed E-state index contributed by atoms with van der Waals surface area (Å²) in [6.07, 6.45) is 0. The molecule has 3 heteroatoms. The topological polar surface area (TPSA) is 20.2 Å². The van der Waals surface area contributed by atoms with Crippen molar-refractivity contribution in [1.82, 2.24) is 0 Å². The summed E-state index contributed by atoms with van der Waals surface area (Å²) in [5, 5.41) is 10.4. The van der Waals surface area contributed by atoms with Crippen LogP contribution in [-0.2, 0) is 5.60 Å². The molecule has 0 radical (unpaired) electrons. The van der Waals surface area contributed by atoms with Crippen molar-refractivity contribution in [2.45, 2.75) is 12.5 Å². The van der Waals surface area contributed by atoms with Crippen molar-refractivity contribution in [1.29, 1.82) is 0 Å². The summed E-state index contributed by atoms with van der Waals surface area (Å²) >= 11 is 1.68. The van der Waals surface area contributed by atoms with Gasteiger partial charge in [0.2, 0.25) is 0 Å². The minimum atomic E-state index is -0.976. The van der Waals surface area contributed by atoms with Gasteiger partial charge in [-0.15, -0.1) is 0 Å². The van der Waals surface area contributed by atoms with E-state index in [4.69, 9.17) is 0 Å². The first-order valence-corrected chi connectivity index (χ1v) is 5.85. The molecule has 0 aromatic heterocycles. The molecule has 1 saturated heterocycles. The lowest BCUT2D eigenvalue weighted by atomic mass is 9.85. The largest absolute Gasteiger partial charge is 0.384 e. The van der Waals surface area contributed by atoms with E-state index in [0.29, 0.717) is 11.3 Å². The average molecular weight is 212 g/mol. The fraction of sp³-hybridized carbons (Fsp3) is 0.455. The van der Waals surface area contributed by atoms with Crippen molar-refractivity contribution >= 4 is 11.8 Å². The number of rotatable bonds is 1. The molecule has 1 fully saturated rings. The van der Waals surface area contributed by atoms with Gasteiger partial charge in [0.15, 0.2) is 0 Å². The summed E-state index contributed by atoms with van der Waals surface area (Å²) in [4.78, 5) is 0. The van der Waals surface area contributed by atoms with Gasteiger partial charge in [-0.25, -0.2) is 4.39 Å². The Hall–Kier alpha value is -0.540. The summed E-state index contributed by atoms with van der Waals surface area (Å²) in [6.45, 7) is 1.96. The van der Waals surface area contributed by atoms with Crippen molar-refractivity contribution < 1.29 is 9.50 Å². The zero-order chi connectivity index (χ0) is 10.2. The van der Waals surface area contributed by atoms with Crippen LogP contribution in [0.5, 0.6) is 0 Å². The van der Waals surface area contributed by atoms with Crippen molar-refractivity contribution in [3.8, 4) is 0 Å². The molecule has 0 saturated carbocycles. The SMILES string of the molecule is C[C@H]1CSC[C@@]1(O)c1ccccc1F. The number of halogens is 1. The molecule has 0 aliphatic carbocycles. The van der Waals surface area contributed by atoms with Gasteiger partial charge in [-0.1, -0.05) is 25.1 Å². The van der Waals surface area contributed by atoms with Gasteiger partial charge in [0.25, 0.3) is 0 Å². The van der Waals surface area contributed by atoms with Crippen LogP contribution in [0.1, 0.15) is 12.5 Å². The molecule has 0 spiro atoms. The smallest absolute Gasteiger partial charge is 0.129 e. The molecule has 0 bridgehead atoms. The standard InChI is InChI=1S/C11H13FOS/c1-8-6-14-7-11(8,13)9-4-2-3-5-10(9)12/h2-5,8,13H,6-7H2,1H3/t8-,11-/m0/s1. The molecule has 1 nitrogen and oxygen atoms in total. The average Bonchev–Trinajstić information content (AvgIpc) is 2.49. The Labute approximate surface area is 87.3 Å². The van der Waals surface area contributed by atoms with E-state index in [1.54, 1.807) is 30.0 Å². The first-order valence-electron chi connectivity index (χ1n) is 4.70. The Morgan fingerprint density at radius 1 is 1.50 bits per heavy atom. The number of benzene rings is 1. The number of aliphatic hydroxyl groups is 1. The minimum Gasteiger partial charge on any atom is -0.384 e. The van der Waals surface area contributed by atoms with Gasteiger partial charge in [-0.3, -0.25) is 0 Å². The van der Waals surface area contributed by atoms with Gasteiger partial charge < -0.3 is 5.11 Å². The van der Waals surface area contributed by atoms with Crippen LogP contribution >= 0.6 is 11.8 Å². The van der Waals surface area contributed by atoms with Gasteiger partial charge in [-0.05, 0) is 17.7 Å². The van der Waals surface area contributed by atoms with Crippen LogP contribution in [0, 0.1) is 11.7 Å². The summed E-state index contributed by atoms with van der Waals surface area (Å²) in [7, 11) is 0. The maximum absolute atomic E-state index is 13.5. The quantitative estimate of drug-likeness (QED) is 0.771. The molecule has 76 valence electrons. The van der Waals surface area contributed by atoms with Crippen LogP contribution in [0.3, 0.4) is 0 Å². The van der Waals surface area contributed by atoms with E-state index in [-0.39, 0.29) is 11.7 Å². The normalized spacial score (nSPS) is 32.1. The van der Waals surface area contributed by atoms with Crippen LogP contribution < -0.4 is 0 Å². The van der Waals surface area contributed by atoms with Crippen molar-refractivity contribution in [2.24, 2.45) is 5.92 Å². The van der Waals surface area contributed by atoms with Gasteiger partial charge in [0.1, 0.15) is 11.4 Å². The highest BCUT2D eigenvalue weighted by molar-refractivity contribution is 7.99. The summed E-state index contributed by atoms with van der Waals surface area (Å²) < 4.78 is 13.5. The van der Waals surface area contributed by atoms with Crippen LogP contribution in [-0.4, -0.2) is 16.6 Å². The second-order valence-electron chi connectivity index (χ2n) is 3.82. The monoisotopic (exact) mass is 212 g/mol. The summed E-state index contributed by atoms with van der Waals surface area (Å²) in [5.74, 6) is 1.30. The summed E-state index contributed by atoms with van der Waals surface area (Å²) in [5.41, 5.74) is -0.534. The third-order valence-electron chi connectivity index (χ3n) is 2.85. The Morgan fingerprint density at radius 3 is 2.79 bits per heavy atom. The molecular formula is C11H13FOS. The third-order valence-corrected chi connectivity index (χ3v) is 4.23. The minimum absolute atomic E-state index is 0.115. The first-order chi connectivity index (χ1) is 6.64. The molecule has 1 N–H and O–H groups in total. The maximum atomic E-state index is 13.5. The lowest BCUT2D eigenvalue weighted by Gasteiger charge is -2.27. The predicted molar refractivity (Wildman–Crippen MR) is 56.8 cm³/mol. The second kappa shape index (κ2) is 3.55. The Balaban J connectivity index is 2.43. The molecule has 1 aromatic rings. The van der Waals surface area contributed by atoms with Crippen molar-refractivity contribution in [3.63, 3.8) is 0 Å². The Morgan fingerprint density at radius 2 is 2.21 bits per heavy atom. The molecule has 14 heavy (non-hydrogen) atoms. The van der Waals surface area contributed by atoms with E-state index in [1.165, 1.54) is 6.07 Å². The highest BCUT2D eigenvalue weighted by Gasteiger charge is 2.41. The van der Waals surface area contributed by atoms with E-state index < -0.39 is 5.60 Å². The van der Waals surface area contributed by atoms with Gasteiger partial charge >= 0.3 is 0 Å². The van der Waals surface area contributed by atoms with Crippen molar-refractivity contribution in [2.75, 3.05) is 11.5 Å². The van der Waals surface area contributed by atoms with E-state index in [1.807, 2.05) is 6.92 Å². The zero-order valence-corrected chi connectivity index (χ0v) is 8.85. The molecule has 1 aliphatic rings. The van der Waals surface area contributed by atoms with E-state index in [0.717, 1.165) is 5.75 Å². The highest BCUT2D eigenvalue weighted by Crippen LogP contribution is 2.41. The lowest BCUT2D eigenvalue weighted by Crippen LogP contribution is -2.33. The number of hydrogen-bond donors (Lipinski definition) is 1. The lowest BCUT2D eigenvalue weighted by molar-refractivity contribution is 0.0200. The Kier molecular flexibility index (Phi) is 2.54. The third kappa shape index (κ3) is 1.44. The molecule has 0 unspecified atom stereocenters.